The fourth-order valence-corrected chi connectivity index (χ4v) is 3.78. The Balaban J connectivity index is 1.56. The van der Waals surface area contributed by atoms with Crippen molar-refractivity contribution in [2.75, 3.05) is 13.2 Å². The minimum atomic E-state index is -1.12. The number of benzene rings is 2. The van der Waals surface area contributed by atoms with Gasteiger partial charge >= 0.3 is 23.9 Å². The van der Waals surface area contributed by atoms with Gasteiger partial charge in [-0.2, -0.15) is 0 Å². The second-order valence-electron chi connectivity index (χ2n) is 7.42. The molecule has 4 rings (SSSR count). The molecule has 0 fully saturated rings. The molecule has 0 saturated carbocycles. The summed E-state index contributed by atoms with van der Waals surface area (Å²) >= 11 is 0. The zero-order valence-electron chi connectivity index (χ0n) is 17.8. The SMILES string of the molecule is CCOC(=O)C1=C(COC(=O)[C@@H]2Cc3ccccc3C(=O)O2)NC(=O)N[C@@H]1c1ccccc1. The van der Waals surface area contributed by atoms with Gasteiger partial charge in [0.1, 0.15) is 6.61 Å². The third kappa shape index (κ3) is 4.72. The first-order valence-corrected chi connectivity index (χ1v) is 10.5. The molecule has 2 aliphatic heterocycles. The zero-order chi connectivity index (χ0) is 23.4. The molecule has 2 aromatic rings. The molecule has 2 heterocycles. The van der Waals surface area contributed by atoms with E-state index >= 15 is 0 Å². The Bertz CT molecular complexity index is 1130. The number of cyclic esters (lactones) is 1. The molecular formula is C24H22N2O7. The average molecular weight is 450 g/mol. The van der Waals surface area contributed by atoms with Crippen LogP contribution >= 0.6 is 0 Å². The van der Waals surface area contributed by atoms with Gasteiger partial charge in [0.15, 0.2) is 0 Å². The Hall–Kier alpha value is -4.14. The highest BCUT2D eigenvalue weighted by Gasteiger charge is 2.36. The molecule has 2 N–H and O–H groups in total. The van der Waals surface area contributed by atoms with Gasteiger partial charge in [-0.25, -0.2) is 19.2 Å². The van der Waals surface area contributed by atoms with Crippen LogP contribution in [-0.4, -0.2) is 43.3 Å². The van der Waals surface area contributed by atoms with Crippen LogP contribution in [0.1, 0.15) is 34.5 Å². The monoisotopic (exact) mass is 450 g/mol. The number of amides is 2. The van der Waals surface area contributed by atoms with Crippen LogP contribution in [0.3, 0.4) is 0 Å². The number of nitrogens with one attached hydrogen (secondary N) is 2. The van der Waals surface area contributed by atoms with E-state index in [2.05, 4.69) is 10.6 Å². The standard InChI is InChI=1S/C24H22N2O7/c1-2-31-23(29)19-17(25-24(30)26-20(19)14-8-4-3-5-9-14)13-32-22(28)18-12-15-10-6-7-11-16(15)21(27)33-18/h3-11,18,20H,2,12-13H2,1H3,(H2,25,26,30)/t18-,20+/m0/s1. The van der Waals surface area contributed by atoms with Crippen LogP contribution in [-0.2, 0) is 30.2 Å². The van der Waals surface area contributed by atoms with Crippen molar-refractivity contribution in [3.63, 3.8) is 0 Å². The minimum Gasteiger partial charge on any atom is -0.463 e. The Morgan fingerprint density at radius 3 is 2.52 bits per heavy atom. The quantitative estimate of drug-likeness (QED) is 0.511. The van der Waals surface area contributed by atoms with Crippen molar-refractivity contribution in [2.45, 2.75) is 25.5 Å². The average Bonchev–Trinajstić information content (AvgIpc) is 2.82. The Morgan fingerprint density at radius 2 is 1.76 bits per heavy atom. The van der Waals surface area contributed by atoms with Crippen LogP contribution in [0.5, 0.6) is 0 Å². The summed E-state index contributed by atoms with van der Waals surface area (Å²) in [6.07, 6.45) is -0.952. The fraction of sp³-hybridized carbons (Fsp3) is 0.250. The smallest absolute Gasteiger partial charge is 0.348 e. The molecule has 2 aliphatic rings. The number of rotatable bonds is 6. The van der Waals surface area contributed by atoms with E-state index in [1.807, 2.05) is 6.07 Å². The van der Waals surface area contributed by atoms with Crippen molar-refractivity contribution in [2.24, 2.45) is 0 Å². The molecule has 170 valence electrons. The lowest BCUT2D eigenvalue weighted by Gasteiger charge is -2.29. The molecule has 0 spiro atoms. The summed E-state index contributed by atoms with van der Waals surface area (Å²) in [5.41, 5.74) is 1.98. The maximum Gasteiger partial charge on any atom is 0.348 e. The Kier molecular flexibility index (Phi) is 6.39. The molecule has 0 saturated heterocycles. The predicted molar refractivity (Wildman–Crippen MR) is 115 cm³/mol. The van der Waals surface area contributed by atoms with Gasteiger partial charge < -0.3 is 24.8 Å². The Morgan fingerprint density at radius 1 is 1.03 bits per heavy atom. The molecule has 9 nitrogen and oxygen atoms in total. The van der Waals surface area contributed by atoms with Gasteiger partial charge in [0.05, 0.1) is 29.5 Å². The van der Waals surface area contributed by atoms with Crippen molar-refractivity contribution in [3.8, 4) is 0 Å². The maximum absolute atomic E-state index is 12.7. The first kappa shape index (κ1) is 22.1. The van der Waals surface area contributed by atoms with Crippen LogP contribution in [0.15, 0.2) is 65.9 Å². The van der Waals surface area contributed by atoms with Crippen molar-refractivity contribution in [1.29, 1.82) is 0 Å². The molecule has 0 aliphatic carbocycles. The Labute approximate surface area is 189 Å². The largest absolute Gasteiger partial charge is 0.463 e. The van der Waals surface area contributed by atoms with E-state index in [4.69, 9.17) is 14.2 Å². The molecule has 33 heavy (non-hydrogen) atoms. The normalized spacial score (nSPS) is 19.5. The highest BCUT2D eigenvalue weighted by molar-refractivity contribution is 5.96. The first-order valence-electron chi connectivity index (χ1n) is 10.5. The highest BCUT2D eigenvalue weighted by Crippen LogP contribution is 2.28. The van der Waals surface area contributed by atoms with Crippen molar-refractivity contribution < 1.29 is 33.4 Å². The van der Waals surface area contributed by atoms with Crippen LogP contribution in [0.2, 0.25) is 0 Å². The fourth-order valence-electron chi connectivity index (χ4n) is 3.78. The number of hydrogen-bond donors (Lipinski definition) is 2. The van der Waals surface area contributed by atoms with E-state index in [0.29, 0.717) is 16.7 Å². The molecule has 0 unspecified atom stereocenters. The first-order chi connectivity index (χ1) is 16.0. The lowest BCUT2D eigenvalue weighted by atomic mass is 9.95. The van der Waals surface area contributed by atoms with E-state index in [0.717, 1.165) is 0 Å². The number of hydrogen-bond acceptors (Lipinski definition) is 7. The molecule has 9 heteroatoms. The minimum absolute atomic E-state index is 0.0990. The van der Waals surface area contributed by atoms with Gasteiger partial charge in [-0.15, -0.1) is 0 Å². The van der Waals surface area contributed by atoms with Gasteiger partial charge in [0.2, 0.25) is 6.10 Å². The third-order valence-electron chi connectivity index (χ3n) is 5.30. The summed E-state index contributed by atoms with van der Waals surface area (Å²) in [4.78, 5) is 49.9. The van der Waals surface area contributed by atoms with Gasteiger partial charge in [-0.3, -0.25) is 0 Å². The van der Waals surface area contributed by atoms with Gasteiger partial charge in [0, 0.05) is 6.42 Å². The molecule has 0 bridgehead atoms. The molecule has 2 amide bonds. The zero-order valence-corrected chi connectivity index (χ0v) is 17.8. The third-order valence-corrected chi connectivity index (χ3v) is 5.30. The summed E-state index contributed by atoms with van der Waals surface area (Å²) in [5, 5.41) is 5.23. The molecule has 0 radical (unpaired) electrons. The number of carbonyl (C=O) groups excluding carboxylic acids is 4. The van der Waals surface area contributed by atoms with Crippen molar-refractivity contribution in [3.05, 3.63) is 82.6 Å². The van der Waals surface area contributed by atoms with E-state index in [1.165, 1.54) is 0 Å². The van der Waals surface area contributed by atoms with Crippen LogP contribution in [0, 0.1) is 0 Å². The molecular weight excluding hydrogens is 428 g/mol. The molecule has 2 aromatic carbocycles. The van der Waals surface area contributed by atoms with Crippen LogP contribution in [0.25, 0.3) is 0 Å². The van der Waals surface area contributed by atoms with E-state index < -0.39 is 42.7 Å². The lowest BCUT2D eigenvalue weighted by Crippen LogP contribution is -2.47. The summed E-state index contributed by atoms with van der Waals surface area (Å²) in [5.74, 6) is -2.04. The lowest BCUT2D eigenvalue weighted by molar-refractivity contribution is -0.153. The van der Waals surface area contributed by atoms with Gasteiger partial charge in [-0.05, 0) is 24.1 Å². The number of carbonyl (C=O) groups is 4. The van der Waals surface area contributed by atoms with Crippen molar-refractivity contribution in [1.82, 2.24) is 10.6 Å². The predicted octanol–water partition coefficient (Wildman–Crippen LogP) is 2.18. The van der Waals surface area contributed by atoms with E-state index in [9.17, 15) is 19.2 Å². The molecule has 0 aromatic heterocycles. The summed E-state index contributed by atoms with van der Waals surface area (Å²) in [6, 6.07) is 14.4. The second-order valence-corrected chi connectivity index (χ2v) is 7.42. The number of ether oxygens (including phenoxy) is 3. The van der Waals surface area contributed by atoms with Gasteiger partial charge in [-0.1, -0.05) is 48.5 Å². The second kappa shape index (κ2) is 9.56. The number of fused-ring (bicyclic) bond motifs is 1. The van der Waals surface area contributed by atoms with Crippen LogP contribution < -0.4 is 10.6 Å². The number of urea groups is 1. The van der Waals surface area contributed by atoms with Crippen LogP contribution in [0.4, 0.5) is 4.79 Å². The van der Waals surface area contributed by atoms with E-state index in [-0.39, 0.29) is 24.3 Å². The summed E-state index contributed by atoms with van der Waals surface area (Å²) in [7, 11) is 0. The molecule has 2 atom stereocenters. The summed E-state index contributed by atoms with van der Waals surface area (Å²) < 4.78 is 15.7. The topological polar surface area (TPSA) is 120 Å². The summed E-state index contributed by atoms with van der Waals surface area (Å²) in [6.45, 7) is 1.39. The van der Waals surface area contributed by atoms with Crippen molar-refractivity contribution >= 4 is 23.9 Å². The number of esters is 3. The van der Waals surface area contributed by atoms with Gasteiger partial charge in [0.25, 0.3) is 0 Å². The van der Waals surface area contributed by atoms with E-state index in [1.54, 1.807) is 55.5 Å². The highest BCUT2D eigenvalue weighted by atomic mass is 16.6. The maximum atomic E-state index is 12.7.